The molecule has 4 aromatic rings. The molecule has 166 valence electrons. The van der Waals surface area contributed by atoms with Gasteiger partial charge < -0.3 is 24.7 Å². The second-order valence-corrected chi connectivity index (χ2v) is 7.87. The zero-order valence-corrected chi connectivity index (χ0v) is 18.3. The third-order valence-electron chi connectivity index (χ3n) is 5.91. The number of hydrogen-bond acceptors (Lipinski definition) is 4. The normalized spacial score (nSPS) is 15.5. The number of aromatic amines is 1. The largest absolute Gasteiger partial charge is 0.496 e. The van der Waals surface area contributed by atoms with E-state index in [0.29, 0.717) is 17.0 Å². The Balaban J connectivity index is 1.43. The Morgan fingerprint density at radius 1 is 1.09 bits per heavy atom. The van der Waals surface area contributed by atoms with Crippen molar-refractivity contribution in [2.45, 2.75) is 6.04 Å². The monoisotopic (exact) mass is 441 g/mol. The fourth-order valence-corrected chi connectivity index (χ4v) is 4.15. The molecule has 0 bridgehead atoms. The van der Waals surface area contributed by atoms with Crippen molar-refractivity contribution in [2.24, 2.45) is 0 Å². The van der Waals surface area contributed by atoms with Crippen LogP contribution in [-0.4, -0.2) is 43.6 Å². The van der Waals surface area contributed by atoms with Crippen LogP contribution in [-0.2, 0) is 4.79 Å². The summed E-state index contributed by atoms with van der Waals surface area (Å²) in [6, 6.07) is 19.7. The number of carbonyl (C=O) groups excluding carboxylic acids is 2. The molecule has 5 rings (SSSR count). The number of anilines is 1. The minimum Gasteiger partial charge on any atom is -0.496 e. The van der Waals surface area contributed by atoms with Crippen molar-refractivity contribution < 1.29 is 19.1 Å². The van der Waals surface area contributed by atoms with Gasteiger partial charge in [0.05, 0.1) is 12.8 Å². The molecule has 1 aliphatic heterocycles. The van der Waals surface area contributed by atoms with E-state index in [1.165, 1.54) is 4.90 Å². The number of nitrogens with one attached hydrogen (secondary N) is 2. The van der Waals surface area contributed by atoms with Gasteiger partial charge in [0.2, 0.25) is 0 Å². The Hall–Kier alpha value is -4.26. The summed E-state index contributed by atoms with van der Waals surface area (Å²) < 4.78 is 11.3. The zero-order valence-electron chi connectivity index (χ0n) is 18.3. The Morgan fingerprint density at radius 2 is 1.88 bits per heavy atom. The van der Waals surface area contributed by atoms with Crippen molar-refractivity contribution in [3.05, 3.63) is 78.5 Å². The fourth-order valence-electron chi connectivity index (χ4n) is 4.15. The summed E-state index contributed by atoms with van der Waals surface area (Å²) in [7, 11) is 3.31. The highest BCUT2D eigenvalue weighted by atomic mass is 16.5. The standard InChI is InChI=1S/C26H23N3O4/c1-29-22-8-4-6-10-24(22)33-15-21(26(29)31)28-25(30)16-11-12-20-18(13-16)19(14-27-20)17-7-3-5-9-23(17)32-2/h3-14,21,27H,15H2,1-2H3,(H,28,30)/t21-/m0/s1. The lowest BCUT2D eigenvalue weighted by Crippen LogP contribution is -2.49. The number of nitrogens with zero attached hydrogens (tertiary/aromatic N) is 1. The first-order valence-corrected chi connectivity index (χ1v) is 10.6. The number of aromatic nitrogens is 1. The minimum atomic E-state index is -0.800. The van der Waals surface area contributed by atoms with Gasteiger partial charge in [0.25, 0.3) is 11.8 Å². The van der Waals surface area contributed by atoms with Gasteiger partial charge in [0, 0.05) is 40.8 Å². The topological polar surface area (TPSA) is 83.7 Å². The maximum absolute atomic E-state index is 13.1. The van der Waals surface area contributed by atoms with Crippen LogP contribution in [0.4, 0.5) is 5.69 Å². The predicted octanol–water partition coefficient (Wildman–Crippen LogP) is 4.00. The lowest BCUT2D eigenvalue weighted by molar-refractivity contribution is -0.120. The van der Waals surface area contributed by atoms with Gasteiger partial charge >= 0.3 is 0 Å². The number of likely N-dealkylation sites (N-methyl/N-ethyl adjacent to an activating group) is 1. The van der Waals surface area contributed by atoms with Crippen LogP contribution in [0.3, 0.4) is 0 Å². The number of para-hydroxylation sites is 3. The molecule has 2 amide bonds. The molecule has 3 aromatic carbocycles. The molecule has 7 heteroatoms. The van der Waals surface area contributed by atoms with Gasteiger partial charge in [0.1, 0.15) is 24.1 Å². The molecular weight excluding hydrogens is 418 g/mol. The summed E-state index contributed by atoms with van der Waals surface area (Å²) in [4.78, 5) is 30.8. The summed E-state index contributed by atoms with van der Waals surface area (Å²) in [6.45, 7) is 0.0603. The van der Waals surface area contributed by atoms with Crippen molar-refractivity contribution in [1.29, 1.82) is 0 Å². The molecule has 2 heterocycles. The first-order valence-electron chi connectivity index (χ1n) is 10.6. The molecule has 1 aliphatic rings. The molecule has 7 nitrogen and oxygen atoms in total. The maximum Gasteiger partial charge on any atom is 0.252 e. The van der Waals surface area contributed by atoms with Gasteiger partial charge in [-0.05, 0) is 36.4 Å². The Kier molecular flexibility index (Phi) is 5.22. The van der Waals surface area contributed by atoms with Crippen molar-refractivity contribution in [3.8, 4) is 22.6 Å². The third-order valence-corrected chi connectivity index (χ3v) is 5.91. The van der Waals surface area contributed by atoms with Crippen LogP contribution < -0.4 is 19.7 Å². The highest BCUT2D eigenvalue weighted by Crippen LogP contribution is 2.35. The van der Waals surface area contributed by atoms with Gasteiger partial charge in [-0.3, -0.25) is 9.59 Å². The summed E-state index contributed by atoms with van der Waals surface area (Å²) in [5.41, 5.74) is 3.89. The van der Waals surface area contributed by atoms with Gasteiger partial charge in [-0.1, -0.05) is 30.3 Å². The zero-order chi connectivity index (χ0) is 22.9. The van der Waals surface area contributed by atoms with E-state index < -0.39 is 6.04 Å². The van der Waals surface area contributed by atoms with Crippen LogP contribution in [0, 0.1) is 0 Å². The van der Waals surface area contributed by atoms with Crippen LogP contribution >= 0.6 is 0 Å². The van der Waals surface area contributed by atoms with Crippen LogP contribution in [0.2, 0.25) is 0 Å². The van der Waals surface area contributed by atoms with Crippen molar-refractivity contribution in [3.63, 3.8) is 0 Å². The average Bonchev–Trinajstić information content (AvgIpc) is 3.24. The summed E-state index contributed by atoms with van der Waals surface area (Å²) >= 11 is 0. The molecule has 1 aromatic heterocycles. The minimum absolute atomic E-state index is 0.0603. The van der Waals surface area contributed by atoms with Crippen molar-refractivity contribution in [1.82, 2.24) is 10.3 Å². The van der Waals surface area contributed by atoms with Crippen LogP contribution in [0.25, 0.3) is 22.0 Å². The second-order valence-electron chi connectivity index (χ2n) is 7.87. The van der Waals surface area contributed by atoms with E-state index in [-0.39, 0.29) is 18.4 Å². The Labute approximate surface area is 190 Å². The first kappa shape index (κ1) is 20.6. The maximum atomic E-state index is 13.1. The van der Waals surface area contributed by atoms with Crippen molar-refractivity contribution >= 4 is 28.4 Å². The SMILES string of the molecule is COc1ccccc1-c1c[nH]c2ccc(C(=O)N[C@H]3COc4ccccc4N(C)C3=O)cc12. The smallest absolute Gasteiger partial charge is 0.252 e. The molecule has 0 spiro atoms. The van der Waals surface area contributed by atoms with Crippen LogP contribution in [0.5, 0.6) is 11.5 Å². The van der Waals surface area contributed by atoms with E-state index in [2.05, 4.69) is 10.3 Å². The van der Waals surface area contributed by atoms with Gasteiger partial charge in [-0.15, -0.1) is 0 Å². The number of fused-ring (bicyclic) bond motifs is 2. The fraction of sp³-hybridized carbons (Fsp3) is 0.154. The Morgan fingerprint density at radius 3 is 2.73 bits per heavy atom. The highest BCUT2D eigenvalue weighted by Gasteiger charge is 2.30. The van der Waals surface area contributed by atoms with E-state index in [9.17, 15) is 9.59 Å². The van der Waals surface area contributed by atoms with Crippen LogP contribution in [0.15, 0.2) is 72.9 Å². The highest BCUT2D eigenvalue weighted by molar-refractivity contribution is 6.06. The molecule has 0 fully saturated rings. The molecule has 2 N–H and O–H groups in total. The Bertz CT molecular complexity index is 1360. The number of methoxy groups -OCH3 is 1. The number of carbonyl (C=O) groups is 2. The van der Waals surface area contributed by atoms with E-state index in [1.54, 1.807) is 20.2 Å². The lowest BCUT2D eigenvalue weighted by Gasteiger charge is -2.20. The van der Waals surface area contributed by atoms with E-state index >= 15 is 0 Å². The van der Waals surface area contributed by atoms with E-state index in [1.807, 2.05) is 66.9 Å². The van der Waals surface area contributed by atoms with Crippen molar-refractivity contribution in [2.75, 3.05) is 25.7 Å². The number of ether oxygens (including phenoxy) is 2. The lowest BCUT2D eigenvalue weighted by atomic mass is 10.0. The van der Waals surface area contributed by atoms with E-state index in [0.717, 1.165) is 27.8 Å². The summed E-state index contributed by atoms with van der Waals surface area (Å²) in [6.07, 6.45) is 1.90. The van der Waals surface area contributed by atoms with Crippen LogP contribution in [0.1, 0.15) is 10.4 Å². The van der Waals surface area contributed by atoms with E-state index in [4.69, 9.17) is 9.47 Å². The van der Waals surface area contributed by atoms with Gasteiger partial charge in [-0.25, -0.2) is 0 Å². The van der Waals surface area contributed by atoms with Gasteiger partial charge in [-0.2, -0.15) is 0 Å². The number of H-pyrrole nitrogens is 1. The molecule has 0 radical (unpaired) electrons. The quantitative estimate of drug-likeness (QED) is 0.502. The number of rotatable bonds is 4. The summed E-state index contributed by atoms with van der Waals surface area (Å²) in [5, 5.41) is 3.73. The second kappa shape index (κ2) is 8.35. The number of hydrogen-bond donors (Lipinski definition) is 2. The molecule has 0 aliphatic carbocycles. The number of amides is 2. The first-order chi connectivity index (χ1) is 16.1. The third kappa shape index (κ3) is 3.67. The molecular formula is C26H23N3O4. The predicted molar refractivity (Wildman–Crippen MR) is 127 cm³/mol. The van der Waals surface area contributed by atoms with Gasteiger partial charge in [0.15, 0.2) is 0 Å². The molecule has 1 atom stereocenters. The summed E-state index contributed by atoms with van der Waals surface area (Å²) in [5.74, 6) is 0.786. The number of benzene rings is 3. The molecule has 0 saturated carbocycles. The molecule has 0 saturated heterocycles. The molecule has 0 unspecified atom stereocenters. The average molecular weight is 441 g/mol. The molecule has 33 heavy (non-hydrogen) atoms.